The Morgan fingerprint density at radius 1 is 1.20 bits per heavy atom. The molecule has 1 nitrogen and oxygen atoms in total. The summed E-state index contributed by atoms with van der Waals surface area (Å²) in [4.78, 5) is 2.58. The average Bonchev–Trinajstić information content (AvgIpc) is 2.80. The van der Waals surface area contributed by atoms with Crippen LogP contribution < -0.4 is 0 Å². The second-order valence-electron chi connectivity index (χ2n) is 4.19. The minimum Gasteiger partial charge on any atom is -0.296 e. The summed E-state index contributed by atoms with van der Waals surface area (Å²) in [6.07, 6.45) is 5.79. The summed E-state index contributed by atoms with van der Waals surface area (Å²) in [7, 11) is 0. The SMILES string of the molecule is C=CCC(c1ccccc1)N1CCCC1. The molecule has 1 atom stereocenters. The minimum atomic E-state index is 0.547. The third-order valence-electron chi connectivity index (χ3n) is 3.16. The van der Waals surface area contributed by atoms with Gasteiger partial charge < -0.3 is 0 Å². The zero-order valence-corrected chi connectivity index (χ0v) is 9.23. The number of rotatable bonds is 4. The molecule has 0 N–H and O–H groups in total. The largest absolute Gasteiger partial charge is 0.296 e. The van der Waals surface area contributed by atoms with E-state index in [-0.39, 0.29) is 0 Å². The predicted octanol–water partition coefficient (Wildman–Crippen LogP) is 3.40. The van der Waals surface area contributed by atoms with Crippen LogP contribution in [0.15, 0.2) is 43.0 Å². The van der Waals surface area contributed by atoms with Crippen LogP contribution in [0.25, 0.3) is 0 Å². The minimum absolute atomic E-state index is 0.547. The molecule has 1 fully saturated rings. The van der Waals surface area contributed by atoms with Crippen LogP contribution in [0.4, 0.5) is 0 Å². The van der Waals surface area contributed by atoms with Crippen LogP contribution in [0.1, 0.15) is 30.9 Å². The van der Waals surface area contributed by atoms with Crippen LogP contribution in [0.3, 0.4) is 0 Å². The van der Waals surface area contributed by atoms with E-state index in [1.54, 1.807) is 0 Å². The molecule has 0 aliphatic carbocycles. The molecule has 1 aliphatic heterocycles. The first-order valence-electron chi connectivity index (χ1n) is 5.81. The summed E-state index contributed by atoms with van der Waals surface area (Å²) >= 11 is 0. The third-order valence-corrected chi connectivity index (χ3v) is 3.16. The summed E-state index contributed by atoms with van der Waals surface area (Å²) in [6.45, 7) is 6.36. The van der Waals surface area contributed by atoms with Gasteiger partial charge in [0, 0.05) is 6.04 Å². The van der Waals surface area contributed by atoms with Gasteiger partial charge in [-0.3, -0.25) is 4.90 Å². The summed E-state index contributed by atoms with van der Waals surface area (Å²) in [6, 6.07) is 11.3. The molecule has 1 aromatic carbocycles. The van der Waals surface area contributed by atoms with Crippen LogP contribution >= 0.6 is 0 Å². The van der Waals surface area contributed by atoms with E-state index in [0.29, 0.717) is 6.04 Å². The van der Waals surface area contributed by atoms with E-state index in [1.165, 1.54) is 31.5 Å². The van der Waals surface area contributed by atoms with Crippen molar-refractivity contribution in [2.45, 2.75) is 25.3 Å². The van der Waals surface area contributed by atoms with Gasteiger partial charge in [-0.15, -0.1) is 6.58 Å². The average molecular weight is 201 g/mol. The number of hydrogen-bond donors (Lipinski definition) is 0. The second kappa shape index (κ2) is 5.13. The lowest BCUT2D eigenvalue weighted by molar-refractivity contribution is 0.247. The molecule has 0 spiro atoms. The summed E-state index contributed by atoms with van der Waals surface area (Å²) < 4.78 is 0. The molecule has 1 unspecified atom stereocenters. The van der Waals surface area contributed by atoms with Gasteiger partial charge in [-0.25, -0.2) is 0 Å². The van der Waals surface area contributed by atoms with Crippen molar-refractivity contribution in [3.63, 3.8) is 0 Å². The molecule has 1 heterocycles. The Kier molecular flexibility index (Phi) is 3.57. The van der Waals surface area contributed by atoms with E-state index in [4.69, 9.17) is 0 Å². The van der Waals surface area contributed by atoms with Crippen molar-refractivity contribution in [1.82, 2.24) is 4.90 Å². The molecule has 2 rings (SSSR count). The molecular weight excluding hydrogens is 182 g/mol. The Bertz CT molecular complexity index is 298. The first-order valence-corrected chi connectivity index (χ1v) is 5.81. The van der Waals surface area contributed by atoms with Crippen LogP contribution in [-0.4, -0.2) is 18.0 Å². The zero-order valence-electron chi connectivity index (χ0n) is 9.23. The topological polar surface area (TPSA) is 3.24 Å². The van der Waals surface area contributed by atoms with E-state index in [1.807, 2.05) is 6.08 Å². The second-order valence-corrected chi connectivity index (χ2v) is 4.19. The maximum absolute atomic E-state index is 3.87. The van der Waals surface area contributed by atoms with Crippen molar-refractivity contribution in [2.75, 3.05) is 13.1 Å². The van der Waals surface area contributed by atoms with Crippen LogP contribution in [0, 0.1) is 0 Å². The van der Waals surface area contributed by atoms with Gasteiger partial charge in [0.2, 0.25) is 0 Å². The number of nitrogens with zero attached hydrogens (tertiary/aromatic N) is 1. The quantitative estimate of drug-likeness (QED) is 0.675. The molecule has 1 aliphatic rings. The lowest BCUT2D eigenvalue weighted by atomic mass is 10.0. The first kappa shape index (κ1) is 10.4. The van der Waals surface area contributed by atoms with Crippen molar-refractivity contribution in [3.8, 4) is 0 Å². The first-order chi connectivity index (χ1) is 7.42. The lowest BCUT2D eigenvalue weighted by Crippen LogP contribution is -2.25. The van der Waals surface area contributed by atoms with E-state index in [0.717, 1.165) is 6.42 Å². The van der Waals surface area contributed by atoms with Crippen molar-refractivity contribution >= 4 is 0 Å². The van der Waals surface area contributed by atoms with E-state index < -0.39 is 0 Å². The maximum atomic E-state index is 3.87. The van der Waals surface area contributed by atoms with Gasteiger partial charge >= 0.3 is 0 Å². The molecule has 1 heteroatoms. The van der Waals surface area contributed by atoms with Gasteiger partial charge in [0.05, 0.1) is 0 Å². The van der Waals surface area contributed by atoms with Gasteiger partial charge in [-0.2, -0.15) is 0 Å². The fourth-order valence-corrected chi connectivity index (χ4v) is 2.38. The lowest BCUT2D eigenvalue weighted by Gasteiger charge is -2.26. The van der Waals surface area contributed by atoms with Crippen LogP contribution in [0.5, 0.6) is 0 Å². The van der Waals surface area contributed by atoms with E-state index in [2.05, 4.69) is 41.8 Å². The molecule has 1 aromatic rings. The molecule has 0 radical (unpaired) electrons. The Labute approximate surface area is 92.4 Å². The van der Waals surface area contributed by atoms with E-state index >= 15 is 0 Å². The number of likely N-dealkylation sites (tertiary alicyclic amines) is 1. The highest BCUT2D eigenvalue weighted by Gasteiger charge is 2.21. The standard InChI is InChI=1S/C14H19N/c1-2-8-14(15-11-6-7-12-15)13-9-4-3-5-10-13/h2-5,9-10,14H,1,6-8,11-12H2. The van der Waals surface area contributed by atoms with Gasteiger partial charge in [0.15, 0.2) is 0 Å². The molecular formula is C14H19N. The fourth-order valence-electron chi connectivity index (χ4n) is 2.38. The molecule has 80 valence electrons. The number of benzene rings is 1. The summed E-state index contributed by atoms with van der Waals surface area (Å²) in [5.41, 5.74) is 1.43. The van der Waals surface area contributed by atoms with Crippen molar-refractivity contribution in [1.29, 1.82) is 0 Å². The third kappa shape index (κ3) is 2.48. The Balaban J connectivity index is 2.15. The van der Waals surface area contributed by atoms with Crippen LogP contribution in [0.2, 0.25) is 0 Å². The Morgan fingerprint density at radius 3 is 2.47 bits per heavy atom. The highest BCUT2D eigenvalue weighted by molar-refractivity contribution is 5.20. The highest BCUT2D eigenvalue weighted by atomic mass is 15.2. The Hall–Kier alpha value is -1.08. The molecule has 0 saturated carbocycles. The Morgan fingerprint density at radius 2 is 1.87 bits per heavy atom. The van der Waals surface area contributed by atoms with E-state index in [9.17, 15) is 0 Å². The van der Waals surface area contributed by atoms with Crippen LogP contribution in [-0.2, 0) is 0 Å². The van der Waals surface area contributed by atoms with Gasteiger partial charge in [0.1, 0.15) is 0 Å². The number of hydrogen-bond acceptors (Lipinski definition) is 1. The monoisotopic (exact) mass is 201 g/mol. The van der Waals surface area contributed by atoms with Crippen molar-refractivity contribution in [2.24, 2.45) is 0 Å². The van der Waals surface area contributed by atoms with Crippen molar-refractivity contribution < 1.29 is 0 Å². The summed E-state index contributed by atoms with van der Waals surface area (Å²) in [5, 5.41) is 0. The summed E-state index contributed by atoms with van der Waals surface area (Å²) in [5.74, 6) is 0. The molecule has 0 amide bonds. The van der Waals surface area contributed by atoms with Gasteiger partial charge in [0.25, 0.3) is 0 Å². The molecule has 0 bridgehead atoms. The smallest absolute Gasteiger partial charge is 0.0382 e. The fraction of sp³-hybridized carbons (Fsp3) is 0.429. The normalized spacial score (nSPS) is 18.9. The van der Waals surface area contributed by atoms with Crippen molar-refractivity contribution in [3.05, 3.63) is 48.6 Å². The molecule has 15 heavy (non-hydrogen) atoms. The maximum Gasteiger partial charge on any atom is 0.0382 e. The molecule has 0 aromatic heterocycles. The molecule has 1 saturated heterocycles. The van der Waals surface area contributed by atoms with Gasteiger partial charge in [-0.1, -0.05) is 36.4 Å². The zero-order chi connectivity index (χ0) is 10.5. The predicted molar refractivity (Wildman–Crippen MR) is 64.8 cm³/mol. The van der Waals surface area contributed by atoms with Gasteiger partial charge in [-0.05, 0) is 37.9 Å². The highest BCUT2D eigenvalue weighted by Crippen LogP contribution is 2.27.